The van der Waals surface area contributed by atoms with Crippen molar-refractivity contribution >= 4 is 44.7 Å². The molecule has 0 radical (unpaired) electrons. The van der Waals surface area contributed by atoms with Crippen LogP contribution in [0.1, 0.15) is 25.0 Å². The number of aromatic nitrogens is 4. The summed E-state index contributed by atoms with van der Waals surface area (Å²) in [4.78, 5) is 12.4. The van der Waals surface area contributed by atoms with Gasteiger partial charge in [0.2, 0.25) is 0 Å². The molecule has 0 saturated heterocycles. The molecular formula is C40H30N4OS. The highest BCUT2D eigenvalue weighted by Gasteiger charge is 2.34. The zero-order valence-corrected chi connectivity index (χ0v) is 26.5. The van der Waals surface area contributed by atoms with Crippen LogP contribution in [0.2, 0.25) is 0 Å². The van der Waals surface area contributed by atoms with Crippen molar-refractivity contribution in [2.24, 2.45) is 7.05 Å². The number of imidazole rings is 1. The summed E-state index contributed by atoms with van der Waals surface area (Å²) in [7, 11) is 2.05. The largest absolute Gasteiger partial charge is 0.457 e. The Morgan fingerprint density at radius 1 is 0.674 bits per heavy atom. The number of ether oxygens (including phenoxy) is 1. The van der Waals surface area contributed by atoms with Crippen molar-refractivity contribution in [3.8, 4) is 28.6 Å². The number of nitrogens with zero attached hydrogens (tertiary/aromatic N) is 4. The summed E-state index contributed by atoms with van der Waals surface area (Å²) in [6.07, 6.45) is 1.87. The van der Waals surface area contributed by atoms with E-state index in [4.69, 9.17) is 14.7 Å². The average Bonchev–Trinajstić information content (AvgIpc) is 3.59. The molecule has 0 saturated carbocycles. The van der Waals surface area contributed by atoms with E-state index in [1.54, 1.807) is 0 Å². The Morgan fingerprint density at radius 2 is 1.48 bits per heavy atom. The van der Waals surface area contributed by atoms with Gasteiger partial charge >= 0.3 is 0 Å². The highest BCUT2D eigenvalue weighted by atomic mass is 32.2. The molecule has 4 heterocycles. The average molecular weight is 615 g/mol. The summed E-state index contributed by atoms with van der Waals surface area (Å²) in [6.45, 7) is 4.66. The van der Waals surface area contributed by atoms with Crippen LogP contribution in [-0.2, 0) is 12.5 Å². The number of aryl methyl sites for hydroxylation is 1. The van der Waals surface area contributed by atoms with E-state index < -0.39 is 0 Å². The van der Waals surface area contributed by atoms with Gasteiger partial charge in [-0.25, -0.2) is 9.97 Å². The Bertz CT molecular complexity index is 2490. The molecule has 0 bridgehead atoms. The fourth-order valence-corrected chi connectivity index (χ4v) is 8.38. The van der Waals surface area contributed by atoms with Crippen LogP contribution >= 0.6 is 11.8 Å². The number of para-hydroxylation sites is 2. The molecule has 0 aliphatic carbocycles. The molecule has 0 unspecified atom stereocenters. The molecule has 0 amide bonds. The van der Waals surface area contributed by atoms with Crippen LogP contribution < -0.4 is 4.74 Å². The van der Waals surface area contributed by atoms with Gasteiger partial charge in [0, 0.05) is 50.9 Å². The SMILES string of the molecule is Cn1c(-c2cccc(Oc3cccc(-n4c5cc6c(cc5c5cccnc54)Sc4ccccc4C6(C)C)c3)c2)nc2ccccc21. The molecule has 0 fully saturated rings. The number of hydrogen-bond donors (Lipinski definition) is 0. The Labute approximate surface area is 271 Å². The van der Waals surface area contributed by atoms with Crippen molar-refractivity contribution in [3.05, 3.63) is 139 Å². The summed E-state index contributed by atoms with van der Waals surface area (Å²) in [6, 6.07) is 42.3. The predicted octanol–water partition coefficient (Wildman–Crippen LogP) is 10.3. The summed E-state index contributed by atoms with van der Waals surface area (Å²) in [5.74, 6) is 2.42. The first-order chi connectivity index (χ1) is 22.5. The molecule has 8 aromatic rings. The minimum absolute atomic E-state index is 0.130. The standard InChI is InChI=1S/C40H30N4OS/c1-40(2)31-16-4-7-19-36(31)46-37-23-30-29-15-10-20-41-39(29)44(35(30)24-32(37)40)26-12-9-14-28(22-26)45-27-13-8-11-25(21-27)38-42-33-17-5-6-18-34(33)43(38)3/h4-24H,1-3H3. The normalized spacial score (nSPS) is 13.6. The number of hydrogen-bond acceptors (Lipinski definition) is 4. The summed E-state index contributed by atoms with van der Waals surface area (Å²) >= 11 is 1.86. The van der Waals surface area contributed by atoms with Gasteiger partial charge in [-0.2, -0.15) is 0 Å². The summed E-state index contributed by atoms with van der Waals surface area (Å²) in [5.41, 5.74) is 8.73. The van der Waals surface area contributed by atoms with Gasteiger partial charge in [0.25, 0.3) is 0 Å². The van der Waals surface area contributed by atoms with Gasteiger partial charge in [-0.05, 0) is 77.9 Å². The van der Waals surface area contributed by atoms with Crippen LogP contribution in [0.4, 0.5) is 0 Å². The van der Waals surface area contributed by atoms with Crippen LogP contribution in [0.5, 0.6) is 11.5 Å². The highest BCUT2D eigenvalue weighted by molar-refractivity contribution is 7.99. The Hall–Kier alpha value is -5.33. The Kier molecular flexibility index (Phi) is 5.93. The Morgan fingerprint density at radius 3 is 2.37 bits per heavy atom. The van der Waals surface area contributed by atoms with Crippen molar-refractivity contribution in [2.45, 2.75) is 29.1 Å². The van der Waals surface area contributed by atoms with E-state index in [1.165, 1.54) is 26.3 Å². The van der Waals surface area contributed by atoms with Gasteiger partial charge in [-0.1, -0.05) is 74.1 Å². The fraction of sp³-hybridized carbons (Fsp3) is 0.100. The minimum atomic E-state index is -0.130. The van der Waals surface area contributed by atoms with E-state index in [9.17, 15) is 0 Å². The van der Waals surface area contributed by atoms with Crippen LogP contribution in [0.25, 0.3) is 50.0 Å². The molecule has 5 nitrogen and oxygen atoms in total. The molecule has 0 spiro atoms. The third-order valence-corrected chi connectivity index (χ3v) is 10.4. The third-order valence-electron chi connectivity index (χ3n) is 9.27. The van der Waals surface area contributed by atoms with Gasteiger partial charge in [0.1, 0.15) is 23.0 Å². The van der Waals surface area contributed by atoms with E-state index in [-0.39, 0.29) is 5.41 Å². The zero-order chi connectivity index (χ0) is 31.0. The smallest absolute Gasteiger partial charge is 0.145 e. The number of fused-ring (bicyclic) bond motifs is 6. The molecule has 6 heteroatoms. The van der Waals surface area contributed by atoms with Gasteiger partial charge in [0.15, 0.2) is 0 Å². The quantitative estimate of drug-likeness (QED) is 0.198. The fourth-order valence-electron chi connectivity index (χ4n) is 6.96. The van der Waals surface area contributed by atoms with Crippen LogP contribution in [0.15, 0.2) is 137 Å². The molecule has 0 atom stereocenters. The first-order valence-corrected chi connectivity index (χ1v) is 16.3. The second-order valence-electron chi connectivity index (χ2n) is 12.4. The Balaban J connectivity index is 1.14. The molecular weight excluding hydrogens is 585 g/mol. The second-order valence-corrected chi connectivity index (χ2v) is 13.5. The van der Waals surface area contributed by atoms with Crippen molar-refractivity contribution in [1.29, 1.82) is 0 Å². The topological polar surface area (TPSA) is 44.9 Å². The van der Waals surface area contributed by atoms with Crippen molar-refractivity contribution < 1.29 is 4.74 Å². The van der Waals surface area contributed by atoms with E-state index >= 15 is 0 Å². The molecule has 3 aromatic heterocycles. The van der Waals surface area contributed by atoms with Gasteiger partial charge < -0.3 is 9.30 Å². The molecule has 0 N–H and O–H groups in total. The van der Waals surface area contributed by atoms with Crippen molar-refractivity contribution in [2.75, 3.05) is 0 Å². The number of pyridine rings is 1. The zero-order valence-electron chi connectivity index (χ0n) is 25.7. The predicted molar refractivity (Wildman–Crippen MR) is 187 cm³/mol. The van der Waals surface area contributed by atoms with E-state index in [1.807, 2.05) is 60.4 Å². The molecule has 1 aliphatic heterocycles. The molecule has 1 aliphatic rings. The maximum atomic E-state index is 6.51. The summed E-state index contributed by atoms with van der Waals surface area (Å²) in [5, 5.41) is 2.34. The second kappa shape index (κ2) is 10.1. The maximum Gasteiger partial charge on any atom is 0.145 e. The minimum Gasteiger partial charge on any atom is -0.457 e. The lowest BCUT2D eigenvalue weighted by Gasteiger charge is -2.34. The van der Waals surface area contributed by atoms with Gasteiger partial charge in [0.05, 0.1) is 22.2 Å². The molecule has 9 rings (SSSR count). The van der Waals surface area contributed by atoms with Crippen LogP contribution in [0, 0.1) is 0 Å². The molecule has 222 valence electrons. The van der Waals surface area contributed by atoms with Crippen LogP contribution in [-0.4, -0.2) is 19.1 Å². The lowest BCUT2D eigenvalue weighted by molar-refractivity contribution is 0.482. The van der Waals surface area contributed by atoms with Crippen LogP contribution in [0.3, 0.4) is 0 Å². The van der Waals surface area contributed by atoms with E-state index in [2.05, 4.69) is 109 Å². The van der Waals surface area contributed by atoms with Gasteiger partial charge in [-0.3, -0.25) is 4.57 Å². The monoisotopic (exact) mass is 614 g/mol. The molecule has 46 heavy (non-hydrogen) atoms. The lowest BCUT2D eigenvalue weighted by atomic mass is 9.77. The number of rotatable bonds is 4. The number of benzene rings is 5. The first kappa shape index (κ1) is 27.0. The maximum absolute atomic E-state index is 6.51. The highest BCUT2D eigenvalue weighted by Crippen LogP contribution is 2.51. The van der Waals surface area contributed by atoms with E-state index in [0.717, 1.165) is 56.2 Å². The lowest BCUT2D eigenvalue weighted by Crippen LogP contribution is -2.23. The van der Waals surface area contributed by atoms with Gasteiger partial charge in [-0.15, -0.1) is 0 Å². The third kappa shape index (κ3) is 4.10. The van der Waals surface area contributed by atoms with E-state index in [0.29, 0.717) is 0 Å². The van der Waals surface area contributed by atoms with Crippen molar-refractivity contribution in [1.82, 2.24) is 19.1 Å². The van der Waals surface area contributed by atoms with Crippen molar-refractivity contribution in [3.63, 3.8) is 0 Å². The summed E-state index contributed by atoms with van der Waals surface area (Å²) < 4.78 is 10.9. The first-order valence-electron chi connectivity index (χ1n) is 15.5. The molecule has 5 aromatic carbocycles.